The van der Waals surface area contributed by atoms with Crippen LogP contribution in [0.5, 0.6) is 0 Å². The number of ether oxygens (including phenoxy) is 3. The van der Waals surface area contributed by atoms with E-state index in [4.69, 9.17) is 14.2 Å². The van der Waals surface area contributed by atoms with Gasteiger partial charge in [-0.1, -0.05) is 30.3 Å². The van der Waals surface area contributed by atoms with E-state index < -0.39 is 60.6 Å². The number of carbonyl (C=O) groups excluding carboxylic acids is 6. The Hall–Kier alpha value is -4.00. The molecule has 1 saturated heterocycles. The minimum Gasteiger partial charge on any atom is -0.459 e. The molecule has 13 nitrogen and oxygen atoms in total. The van der Waals surface area contributed by atoms with E-state index in [0.717, 1.165) is 5.56 Å². The molecule has 2 N–H and O–H groups in total. The van der Waals surface area contributed by atoms with Gasteiger partial charge in [0.1, 0.15) is 31.5 Å². The van der Waals surface area contributed by atoms with Crippen LogP contribution in [-0.4, -0.2) is 72.2 Å². The van der Waals surface area contributed by atoms with Crippen LogP contribution < -0.4 is 10.6 Å². The molecule has 0 bridgehead atoms. The molecule has 0 aromatic heterocycles. The van der Waals surface area contributed by atoms with Gasteiger partial charge < -0.3 is 29.7 Å². The molecule has 1 atom stereocenters. The first-order valence-electron chi connectivity index (χ1n) is 12.6. The van der Waals surface area contributed by atoms with Crippen molar-refractivity contribution in [3.8, 4) is 0 Å². The van der Waals surface area contributed by atoms with Crippen LogP contribution in [0.2, 0.25) is 0 Å². The highest BCUT2D eigenvalue weighted by Gasteiger charge is 2.33. The van der Waals surface area contributed by atoms with Gasteiger partial charge in [0.05, 0.1) is 0 Å². The largest absolute Gasteiger partial charge is 0.459 e. The fourth-order valence-corrected chi connectivity index (χ4v) is 3.31. The fourth-order valence-electron chi connectivity index (χ4n) is 3.31. The van der Waals surface area contributed by atoms with Gasteiger partial charge in [0.15, 0.2) is 0 Å². The Morgan fingerprint density at radius 2 is 1.64 bits per heavy atom. The maximum absolute atomic E-state index is 12.7. The van der Waals surface area contributed by atoms with Crippen LogP contribution in [0.4, 0.5) is 4.79 Å². The first-order valence-corrected chi connectivity index (χ1v) is 12.6. The highest BCUT2D eigenvalue weighted by molar-refractivity contribution is 6.01. The molecule has 1 aromatic rings. The van der Waals surface area contributed by atoms with Crippen LogP contribution in [0.25, 0.3) is 0 Å². The van der Waals surface area contributed by atoms with E-state index >= 15 is 0 Å². The third-order valence-electron chi connectivity index (χ3n) is 5.08. The number of rotatable bonds is 14. The Labute approximate surface area is 226 Å². The lowest BCUT2D eigenvalue weighted by Crippen LogP contribution is -2.43. The summed E-state index contributed by atoms with van der Waals surface area (Å²) in [5.74, 6) is -3.64. The Morgan fingerprint density at radius 3 is 2.28 bits per heavy atom. The standard InChI is InChI=1S/C26H35N3O10/c1-26(2,3)38-25(35)27-14-8-7-11-19(24(34)37-15-18-9-5-4-6-10-18)28-20(30)16-36-17-23(33)39-29-21(31)12-13-22(29)32/h4-6,9-10,19H,7-8,11-17H2,1-3H3,(H,27,35)(H,28,30)/t19-/m0/s1. The van der Waals surface area contributed by atoms with Gasteiger partial charge in [-0.25, -0.2) is 14.4 Å². The van der Waals surface area contributed by atoms with Crippen LogP contribution in [-0.2, 0) is 49.6 Å². The zero-order chi connectivity index (χ0) is 28.8. The van der Waals surface area contributed by atoms with Gasteiger partial charge in [-0.15, -0.1) is 5.06 Å². The molecule has 0 aliphatic carbocycles. The van der Waals surface area contributed by atoms with Crippen molar-refractivity contribution < 1.29 is 47.8 Å². The van der Waals surface area contributed by atoms with E-state index in [9.17, 15) is 28.8 Å². The molecule has 13 heteroatoms. The summed E-state index contributed by atoms with van der Waals surface area (Å²) in [4.78, 5) is 76.3. The average Bonchev–Trinajstić information content (AvgIpc) is 3.18. The highest BCUT2D eigenvalue weighted by atomic mass is 16.7. The summed E-state index contributed by atoms with van der Waals surface area (Å²) in [6.45, 7) is 4.31. The lowest BCUT2D eigenvalue weighted by Gasteiger charge is -2.20. The minimum absolute atomic E-state index is 0.0164. The van der Waals surface area contributed by atoms with Crippen molar-refractivity contribution in [3.63, 3.8) is 0 Å². The summed E-state index contributed by atoms with van der Waals surface area (Å²) in [6, 6.07) is 8.02. The van der Waals surface area contributed by atoms with Crippen molar-refractivity contribution in [2.75, 3.05) is 19.8 Å². The maximum atomic E-state index is 12.7. The molecule has 0 spiro atoms. The van der Waals surface area contributed by atoms with Gasteiger partial charge >= 0.3 is 18.0 Å². The van der Waals surface area contributed by atoms with Crippen molar-refractivity contribution in [2.24, 2.45) is 0 Å². The molecule has 0 radical (unpaired) electrons. The summed E-state index contributed by atoms with van der Waals surface area (Å²) < 4.78 is 15.5. The molecule has 1 aliphatic rings. The smallest absolute Gasteiger partial charge is 0.407 e. The van der Waals surface area contributed by atoms with Crippen molar-refractivity contribution in [3.05, 3.63) is 35.9 Å². The summed E-state index contributed by atoms with van der Waals surface area (Å²) in [7, 11) is 0. The van der Waals surface area contributed by atoms with Gasteiger partial charge in [-0.3, -0.25) is 14.4 Å². The number of hydrogen-bond acceptors (Lipinski definition) is 10. The van der Waals surface area contributed by atoms with Crippen molar-refractivity contribution >= 4 is 35.8 Å². The number of nitrogens with one attached hydrogen (secondary N) is 2. The van der Waals surface area contributed by atoms with Gasteiger partial charge in [-0.05, 0) is 45.6 Å². The minimum atomic E-state index is -1.03. The number of amides is 4. The van der Waals surface area contributed by atoms with E-state index in [2.05, 4.69) is 15.5 Å². The molecule has 1 heterocycles. The van der Waals surface area contributed by atoms with Gasteiger partial charge in [0.25, 0.3) is 11.8 Å². The second-order valence-electron chi connectivity index (χ2n) is 9.68. The number of unbranched alkanes of at least 4 members (excludes halogenated alkanes) is 1. The van der Waals surface area contributed by atoms with Gasteiger partial charge in [0.2, 0.25) is 5.91 Å². The van der Waals surface area contributed by atoms with E-state index in [-0.39, 0.29) is 25.9 Å². The van der Waals surface area contributed by atoms with Crippen LogP contribution >= 0.6 is 0 Å². The van der Waals surface area contributed by atoms with Crippen molar-refractivity contribution in [2.45, 2.75) is 71.1 Å². The van der Waals surface area contributed by atoms with Crippen LogP contribution in [0.3, 0.4) is 0 Å². The number of carbonyl (C=O) groups is 6. The van der Waals surface area contributed by atoms with E-state index in [1.54, 1.807) is 45.0 Å². The van der Waals surface area contributed by atoms with Gasteiger partial charge in [0, 0.05) is 19.4 Å². The number of alkyl carbamates (subject to hydrolysis) is 1. The lowest BCUT2D eigenvalue weighted by molar-refractivity contribution is -0.200. The molecular formula is C26H35N3O10. The number of benzene rings is 1. The number of imide groups is 1. The molecule has 1 aromatic carbocycles. The van der Waals surface area contributed by atoms with E-state index in [1.807, 2.05) is 6.07 Å². The third kappa shape index (κ3) is 12.4. The summed E-state index contributed by atoms with van der Waals surface area (Å²) in [5.41, 5.74) is 0.151. The Balaban J connectivity index is 1.80. The first-order chi connectivity index (χ1) is 18.4. The second-order valence-corrected chi connectivity index (χ2v) is 9.68. The fraction of sp³-hybridized carbons (Fsp3) is 0.538. The van der Waals surface area contributed by atoms with Crippen LogP contribution in [0.1, 0.15) is 58.4 Å². The lowest BCUT2D eigenvalue weighted by atomic mass is 10.1. The molecule has 4 amide bonds. The zero-order valence-corrected chi connectivity index (χ0v) is 22.4. The maximum Gasteiger partial charge on any atom is 0.407 e. The Bertz CT molecular complexity index is 1010. The third-order valence-corrected chi connectivity index (χ3v) is 5.08. The first kappa shape index (κ1) is 31.2. The predicted octanol–water partition coefficient (Wildman–Crippen LogP) is 1.53. The van der Waals surface area contributed by atoms with E-state index in [1.165, 1.54) is 0 Å². The molecule has 0 saturated carbocycles. The van der Waals surface area contributed by atoms with Gasteiger partial charge in [-0.2, -0.15) is 0 Å². The van der Waals surface area contributed by atoms with Crippen molar-refractivity contribution in [1.29, 1.82) is 0 Å². The molecule has 214 valence electrons. The molecular weight excluding hydrogens is 514 g/mol. The predicted molar refractivity (Wildman–Crippen MR) is 134 cm³/mol. The summed E-state index contributed by atoms with van der Waals surface area (Å²) in [5, 5.41) is 5.53. The molecule has 0 unspecified atom stereocenters. The number of nitrogens with zero attached hydrogens (tertiary/aromatic N) is 1. The van der Waals surface area contributed by atoms with Crippen molar-refractivity contribution in [1.82, 2.24) is 15.7 Å². The quantitative estimate of drug-likeness (QED) is 0.197. The Morgan fingerprint density at radius 1 is 0.974 bits per heavy atom. The number of hydroxylamine groups is 2. The number of esters is 1. The Kier molecular flexibility index (Phi) is 12.3. The molecule has 2 rings (SSSR count). The average molecular weight is 550 g/mol. The number of hydrogen-bond donors (Lipinski definition) is 2. The zero-order valence-electron chi connectivity index (χ0n) is 22.4. The SMILES string of the molecule is CC(C)(C)OC(=O)NCCCC[C@H](NC(=O)COCC(=O)ON1C(=O)CCC1=O)C(=O)OCc1ccccc1. The van der Waals surface area contributed by atoms with Crippen LogP contribution in [0, 0.1) is 0 Å². The summed E-state index contributed by atoms with van der Waals surface area (Å²) in [6.07, 6.45) is 0.544. The molecule has 1 fully saturated rings. The van der Waals surface area contributed by atoms with Crippen LogP contribution in [0.15, 0.2) is 30.3 Å². The topological polar surface area (TPSA) is 167 Å². The normalized spacial score (nSPS) is 14.0. The molecule has 39 heavy (non-hydrogen) atoms. The molecule has 1 aliphatic heterocycles. The summed E-state index contributed by atoms with van der Waals surface area (Å²) >= 11 is 0. The van der Waals surface area contributed by atoms with E-state index in [0.29, 0.717) is 24.4 Å². The monoisotopic (exact) mass is 549 g/mol. The highest BCUT2D eigenvalue weighted by Crippen LogP contribution is 2.12. The second kappa shape index (κ2) is 15.4.